The van der Waals surface area contributed by atoms with E-state index in [1.165, 1.54) is 0 Å². The average molecular weight is 347 g/mol. The maximum Gasteiger partial charge on any atom is 0.295 e. The van der Waals surface area contributed by atoms with E-state index in [-0.39, 0.29) is 12.1 Å². The van der Waals surface area contributed by atoms with Crippen LogP contribution in [0.5, 0.6) is 0 Å². The molecule has 1 unspecified atom stereocenters. The van der Waals surface area contributed by atoms with Gasteiger partial charge >= 0.3 is 0 Å². The van der Waals surface area contributed by atoms with E-state index in [2.05, 4.69) is 9.97 Å². The van der Waals surface area contributed by atoms with Crippen LogP contribution < -0.4 is 0 Å². The first kappa shape index (κ1) is 16.5. The Kier molecular flexibility index (Phi) is 4.07. The zero-order valence-electron chi connectivity index (χ0n) is 14.9. The van der Waals surface area contributed by atoms with Gasteiger partial charge in [-0.2, -0.15) is 0 Å². The lowest BCUT2D eigenvalue weighted by Gasteiger charge is -2.28. The van der Waals surface area contributed by atoms with E-state index in [0.717, 1.165) is 35.1 Å². The first-order valence-electron chi connectivity index (χ1n) is 8.93. The predicted octanol–water partition coefficient (Wildman–Crippen LogP) is 3.81. The summed E-state index contributed by atoms with van der Waals surface area (Å²) in [5, 5.41) is 0.796. The first-order valence-corrected chi connectivity index (χ1v) is 8.93. The smallest absolute Gasteiger partial charge is 0.295 e. The van der Waals surface area contributed by atoms with Crippen molar-refractivity contribution in [2.45, 2.75) is 38.8 Å². The molecular weight excluding hydrogens is 326 g/mol. The van der Waals surface area contributed by atoms with Gasteiger partial charge in [0.25, 0.3) is 11.7 Å². The number of aryl methyl sites for hydroxylation is 1. The fraction of sp³-hybridized carbons (Fsp3) is 0.286. The van der Waals surface area contributed by atoms with Gasteiger partial charge in [0.05, 0.1) is 17.3 Å². The minimum atomic E-state index is -0.449. The molecule has 1 atom stereocenters. The van der Waals surface area contributed by atoms with Crippen molar-refractivity contribution in [1.82, 2.24) is 14.9 Å². The zero-order valence-corrected chi connectivity index (χ0v) is 14.9. The summed E-state index contributed by atoms with van der Waals surface area (Å²) in [4.78, 5) is 35.6. The number of hydrogen-bond acceptors (Lipinski definition) is 3. The van der Waals surface area contributed by atoms with Crippen LogP contribution in [0.2, 0.25) is 0 Å². The third-order valence-electron chi connectivity index (χ3n) is 5.02. The molecule has 1 aromatic carbocycles. The number of carbonyl (C=O) groups is 2. The highest BCUT2D eigenvalue weighted by Crippen LogP contribution is 2.35. The molecule has 5 nitrogen and oxygen atoms in total. The Balaban J connectivity index is 1.70. The number of ketones is 1. The number of aromatic amines is 1. The molecule has 1 fully saturated rings. The van der Waals surface area contributed by atoms with Crippen molar-refractivity contribution in [3.05, 3.63) is 65.6 Å². The molecule has 0 radical (unpaired) electrons. The maximum absolute atomic E-state index is 13.2. The number of hydrogen-bond donors (Lipinski definition) is 1. The number of aromatic nitrogens is 2. The number of pyridine rings is 1. The van der Waals surface area contributed by atoms with Crippen LogP contribution in [-0.2, 0) is 4.79 Å². The topological polar surface area (TPSA) is 66.1 Å². The molecule has 0 spiro atoms. The predicted molar refractivity (Wildman–Crippen MR) is 99.9 cm³/mol. The summed E-state index contributed by atoms with van der Waals surface area (Å²) >= 11 is 0. The van der Waals surface area contributed by atoms with Crippen molar-refractivity contribution in [2.75, 3.05) is 0 Å². The second-order valence-corrected chi connectivity index (χ2v) is 6.87. The van der Waals surface area contributed by atoms with Crippen molar-refractivity contribution in [1.29, 1.82) is 0 Å². The fourth-order valence-corrected chi connectivity index (χ4v) is 3.57. The molecule has 1 N–H and O–H groups in total. The molecular formula is C21H21N3O2. The van der Waals surface area contributed by atoms with Gasteiger partial charge in [-0.15, -0.1) is 0 Å². The summed E-state index contributed by atoms with van der Waals surface area (Å²) in [6, 6.07) is 13.1. The zero-order chi connectivity index (χ0) is 18.3. The van der Waals surface area contributed by atoms with E-state index in [1.807, 2.05) is 56.3 Å². The molecule has 132 valence electrons. The van der Waals surface area contributed by atoms with Gasteiger partial charge in [-0.25, -0.2) is 0 Å². The van der Waals surface area contributed by atoms with Crippen LogP contribution in [-0.4, -0.2) is 32.6 Å². The van der Waals surface area contributed by atoms with E-state index in [4.69, 9.17) is 0 Å². The third-order valence-corrected chi connectivity index (χ3v) is 5.02. The molecule has 0 aliphatic heterocycles. The largest absolute Gasteiger partial charge is 0.358 e. The lowest BCUT2D eigenvalue weighted by Crippen LogP contribution is -2.40. The van der Waals surface area contributed by atoms with Crippen molar-refractivity contribution < 1.29 is 9.59 Å². The van der Waals surface area contributed by atoms with Crippen LogP contribution in [0.4, 0.5) is 0 Å². The van der Waals surface area contributed by atoms with Gasteiger partial charge < -0.3 is 9.88 Å². The lowest BCUT2D eigenvalue weighted by molar-refractivity contribution is -0.129. The van der Waals surface area contributed by atoms with Crippen LogP contribution in [0.1, 0.15) is 47.6 Å². The molecule has 4 rings (SSSR count). The number of para-hydroxylation sites is 1. The SMILES string of the molecule is Cc1[nH]c2ccccc2c1C(=O)C(=O)N(C1CC1)C(C)c1ccccn1. The number of amides is 1. The number of H-pyrrole nitrogens is 1. The third kappa shape index (κ3) is 2.79. The Morgan fingerprint density at radius 3 is 2.58 bits per heavy atom. The van der Waals surface area contributed by atoms with Crippen LogP contribution in [0, 0.1) is 6.92 Å². The Labute approximate surface area is 152 Å². The molecule has 1 aliphatic carbocycles. The highest BCUT2D eigenvalue weighted by Gasteiger charge is 2.40. The van der Waals surface area contributed by atoms with Gasteiger partial charge in [0.2, 0.25) is 0 Å². The summed E-state index contributed by atoms with van der Waals surface area (Å²) in [5.41, 5.74) is 2.88. The number of rotatable bonds is 5. The first-order chi connectivity index (χ1) is 12.6. The highest BCUT2D eigenvalue weighted by molar-refractivity contribution is 6.45. The Bertz CT molecular complexity index is 973. The second-order valence-electron chi connectivity index (χ2n) is 6.87. The number of nitrogens with one attached hydrogen (secondary N) is 1. The van der Waals surface area contributed by atoms with E-state index in [0.29, 0.717) is 5.56 Å². The summed E-state index contributed by atoms with van der Waals surface area (Å²) in [6.07, 6.45) is 3.58. The Morgan fingerprint density at radius 1 is 1.15 bits per heavy atom. The van der Waals surface area contributed by atoms with Gasteiger partial charge in [-0.1, -0.05) is 24.3 Å². The van der Waals surface area contributed by atoms with Crippen molar-refractivity contribution in [2.24, 2.45) is 0 Å². The van der Waals surface area contributed by atoms with E-state index >= 15 is 0 Å². The van der Waals surface area contributed by atoms with E-state index in [1.54, 1.807) is 11.1 Å². The highest BCUT2D eigenvalue weighted by atomic mass is 16.2. The molecule has 1 aliphatic rings. The van der Waals surface area contributed by atoms with Gasteiger partial charge in [0.1, 0.15) is 0 Å². The van der Waals surface area contributed by atoms with E-state index < -0.39 is 11.7 Å². The summed E-state index contributed by atoms with van der Waals surface area (Å²) in [5.74, 6) is -0.895. The monoisotopic (exact) mass is 347 g/mol. The molecule has 0 saturated heterocycles. The molecule has 5 heteroatoms. The van der Waals surface area contributed by atoms with Crippen LogP contribution in [0.25, 0.3) is 10.9 Å². The number of fused-ring (bicyclic) bond motifs is 1. The van der Waals surface area contributed by atoms with Crippen molar-refractivity contribution in [3.63, 3.8) is 0 Å². The minimum absolute atomic E-state index is 0.119. The van der Waals surface area contributed by atoms with E-state index in [9.17, 15) is 9.59 Å². The normalized spacial score (nSPS) is 15.0. The molecule has 0 bridgehead atoms. The summed E-state index contributed by atoms with van der Waals surface area (Å²) in [7, 11) is 0. The molecule has 2 aromatic heterocycles. The van der Waals surface area contributed by atoms with Gasteiger partial charge in [0, 0.05) is 28.8 Å². The molecule has 2 heterocycles. The summed E-state index contributed by atoms with van der Waals surface area (Å²) < 4.78 is 0. The Hall–Kier alpha value is -2.95. The standard InChI is InChI=1S/C21H21N3O2/c1-13-19(16-7-3-4-9-18(16)23-13)20(25)21(26)24(15-10-11-15)14(2)17-8-5-6-12-22-17/h3-9,12,14-15,23H,10-11H2,1-2H3. The summed E-state index contributed by atoms with van der Waals surface area (Å²) in [6.45, 7) is 3.78. The molecule has 3 aromatic rings. The van der Waals surface area contributed by atoms with Crippen LogP contribution in [0.3, 0.4) is 0 Å². The number of benzene rings is 1. The van der Waals surface area contributed by atoms with Crippen LogP contribution in [0.15, 0.2) is 48.7 Å². The van der Waals surface area contributed by atoms with Crippen molar-refractivity contribution >= 4 is 22.6 Å². The molecule has 1 amide bonds. The minimum Gasteiger partial charge on any atom is -0.358 e. The molecule has 1 saturated carbocycles. The number of carbonyl (C=O) groups excluding carboxylic acids is 2. The lowest BCUT2D eigenvalue weighted by atomic mass is 10.0. The van der Waals surface area contributed by atoms with Crippen molar-refractivity contribution in [3.8, 4) is 0 Å². The average Bonchev–Trinajstić information content (AvgIpc) is 3.43. The van der Waals surface area contributed by atoms with Gasteiger partial charge in [-0.05, 0) is 44.9 Å². The fourth-order valence-electron chi connectivity index (χ4n) is 3.57. The quantitative estimate of drug-likeness (QED) is 0.564. The van der Waals surface area contributed by atoms with Gasteiger partial charge in [-0.3, -0.25) is 14.6 Å². The Morgan fingerprint density at radius 2 is 1.88 bits per heavy atom. The second kappa shape index (κ2) is 6.41. The van der Waals surface area contributed by atoms with Gasteiger partial charge in [0.15, 0.2) is 0 Å². The number of nitrogens with zero attached hydrogens (tertiary/aromatic N) is 2. The maximum atomic E-state index is 13.2. The van der Waals surface area contributed by atoms with Crippen LogP contribution >= 0.6 is 0 Å². The number of Topliss-reactive ketones (excluding diaryl/α,β-unsaturated/α-hetero) is 1. The molecule has 26 heavy (non-hydrogen) atoms.